The molecular formula is C7H14ClF2NO. The van der Waals surface area contributed by atoms with Gasteiger partial charge in [-0.3, -0.25) is 0 Å². The Morgan fingerprint density at radius 3 is 2.67 bits per heavy atom. The second kappa shape index (κ2) is 4.94. The lowest BCUT2D eigenvalue weighted by atomic mass is 10.0. The van der Waals surface area contributed by atoms with E-state index in [1.165, 1.54) is 0 Å². The van der Waals surface area contributed by atoms with Gasteiger partial charge in [0.1, 0.15) is 6.61 Å². The maximum atomic E-state index is 12.8. The molecule has 0 aromatic rings. The van der Waals surface area contributed by atoms with E-state index in [2.05, 4.69) is 5.32 Å². The second-order valence-corrected chi connectivity index (χ2v) is 2.87. The van der Waals surface area contributed by atoms with Crippen LogP contribution in [-0.4, -0.2) is 32.7 Å². The van der Waals surface area contributed by atoms with Crippen molar-refractivity contribution in [1.82, 2.24) is 5.32 Å². The highest BCUT2D eigenvalue weighted by Crippen LogP contribution is 2.32. The Bertz CT molecular complexity index is 135. The number of alkyl halides is 2. The minimum absolute atomic E-state index is 0. The first-order valence-corrected chi connectivity index (χ1v) is 3.77. The molecule has 2 nitrogen and oxygen atoms in total. The Hall–Kier alpha value is 0.0700. The van der Waals surface area contributed by atoms with E-state index in [-0.39, 0.29) is 19.0 Å². The molecular weight excluding hydrogens is 188 g/mol. The van der Waals surface area contributed by atoms with E-state index in [9.17, 15) is 8.78 Å². The predicted molar refractivity (Wildman–Crippen MR) is 45.0 cm³/mol. The van der Waals surface area contributed by atoms with Crippen molar-refractivity contribution in [2.75, 3.05) is 26.8 Å². The van der Waals surface area contributed by atoms with Gasteiger partial charge in [0.25, 0.3) is 5.92 Å². The Labute approximate surface area is 77.1 Å². The van der Waals surface area contributed by atoms with Crippen LogP contribution >= 0.6 is 12.4 Å². The fourth-order valence-electron chi connectivity index (χ4n) is 1.19. The number of rotatable bonds is 3. The fourth-order valence-corrected chi connectivity index (χ4v) is 1.19. The molecule has 0 aromatic carbocycles. The van der Waals surface area contributed by atoms with Crippen molar-refractivity contribution in [3.63, 3.8) is 0 Å². The SMILES string of the molecule is CNCCC1COCC1(F)F.Cl. The molecule has 1 rings (SSSR count). The molecule has 1 aliphatic rings. The minimum Gasteiger partial charge on any atom is -0.375 e. The highest BCUT2D eigenvalue weighted by Gasteiger charge is 2.44. The molecule has 0 aliphatic carbocycles. The van der Waals surface area contributed by atoms with E-state index >= 15 is 0 Å². The summed E-state index contributed by atoms with van der Waals surface area (Å²) in [6.45, 7) is 0.430. The molecule has 1 saturated heterocycles. The van der Waals surface area contributed by atoms with Crippen molar-refractivity contribution in [3.8, 4) is 0 Å². The summed E-state index contributed by atoms with van der Waals surface area (Å²) in [5.74, 6) is -3.19. The number of ether oxygens (including phenoxy) is 1. The molecule has 0 radical (unpaired) electrons. The van der Waals surface area contributed by atoms with Crippen molar-refractivity contribution in [2.24, 2.45) is 5.92 Å². The first kappa shape index (κ1) is 12.1. The normalized spacial score (nSPS) is 26.8. The van der Waals surface area contributed by atoms with E-state index in [1.54, 1.807) is 7.05 Å². The number of hydrogen-bond acceptors (Lipinski definition) is 2. The average Bonchev–Trinajstić information content (AvgIpc) is 2.25. The summed E-state index contributed by atoms with van der Waals surface area (Å²) in [6.07, 6.45) is 0.490. The topological polar surface area (TPSA) is 21.3 Å². The zero-order valence-electron chi connectivity index (χ0n) is 6.98. The van der Waals surface area contributed by atoms with Gasteiger partial charge < -0.3 is 10.1 Å². The van der Waals surface area contributed by atoms with Gasteiger partial charge in [0.15, 0.2) is 0 Å². The quantitative estimate of drug-likeness (QED) is 0.743. The van der Waals surface area contributed by atoms with Gasteiger partial charge in [-0.05, 0) is 20.0 Å². The molecule has 0 saturated carbocycles. The van der Waals surface area contributed by atoms with Crippen molar-refractivity contribution < 1.29 is 13.5 Å². The largest absolute Gasteiger partial charge is 0.375 e. The molecule has 1 N–H and O–H groups in total. The highest BCUT2D eigenvalue weighted by molar-refractivity contribution is 5.85. The van der Waals surface area contributed by atoms with Crippen molar-refractivity contribution in [3.05, 3.63) is 0 Å². The summed E-state index contributed by atoms with van der Waals surface area (Å²) in [7, 11) is 1.76. The van der Waals surface area contributed by atoms with E-state index in [4.69, 9.17) is 4.74 Å². The summed E-state index contributed by atoms with van der Waals surface area (Å²) in [5.41, 5.74) is 0. The van der Waals surface area contributed by atoms with Crippen molar-refractivity contribution in [2.45, 2.75) is 12.3 Å². The van der Waals surface area contributed by atoms with Gasteiger partial charge in [0.05, 0.1) is 6.61 Å². The summed E-state index contributed by atoms with van der Waals surface area (Å²) in [5, 5.41) is 2.84. The van der Waals surface area contributed by atoms with Crippen LogP contribution in [0.3, 0.4) is 0 Å². The first-order chi connectivity index (χ1) is 5.17. The van der Waals surface area contributed by atoms with Gasteiger partial charge in [-0.15, -0.1) is 12.4 Å². The van der Waals surface area contributed by atoms with E-state index in [0.29, 0.717) is 13.0 Å². The van der Waals surface area contributed by atoms with Crippen LogP contribution in [0.25, 0.3) is 0 Å². The third-order valence-electron chi connectivity index (χ3n) is 1.95. The molecule has 0 amide bonds. The molecule has 1 fully saturated rings. The highest BCUT2D eigenvalue weighted by atomic mass is 35.5. The smallest absolute Gasteiger partial charge is 0.275 e. The van der Waals surface area contributed by atoms with Crippen LogP contribution in [0, 0.1) is 5.92 Å². The Morgan fingerprint density at radius 2 is 2.25 bits per heavy atom. The minimum atomic E-state index is -2.60. The lowest BCUT2D eigenvalue weighted by Crippen LogP contribution is -2.28. The fraction of sp³-hybridized carbons (Fsp3) is 1.00. The molecule has 0 spiro atoms. The van der Waals surface area contributed by atoms with Crippen LogP contribution in [0.5, 0.6) is 0 Å². The van der Waals surface area contributed by atoms with Gasteiger partial charge >= 0.3 is 0 Å². The summed E-state index contributed by atoms with van der Waals surface area (Å²) in [4.78, 5) is 0. The van der Waals surface area contributed by atoms with Gasteiger partial charge in [-0.25, -0.2) is 8.78 Å². The molecule has 1 unspecified atom stereocenters. The van der Waals surface area contributed by atoms with Crippen LogP contribution in [-0.2, 0) is 4.74 Å². The molecule has 5 heteroatoms. The third-order valence-corrected chi connectivity index (χ3v) is 1.95. The second-order valence-electron chi connectivity index (χ2n) is 2.87. The Kier molecular flexibility index (Phi) is 4.97. The summed E-state index contributed by atoms with van der Waals surface area (Å²) < 4.78 is 30.3. The predicted octanol–water partition coefficient (Wildman–Crippen LogP) is 1.30. The molecule has 1 heterocycles. The molecule has 1 atom stereocenters. The van der Waals surface area contributed by atoms with Gasteiger partial charge in [0.2, 0.25) is 0 Å². The van der Waals surface area contributed by atoms with Gasteiger partial charge in [-0.2, -0.15) is 0 Å². The maximum Gasteiger partial charge on any atom is 0.275 e. The van der Waals surface area contributed by atoms with Crippen LogP contribution in [0.1, 0.15) is 6.42 Å². The third kappa shape index (κ3) is 2.84. The van der Waals surface area contributed by atoms with Crippen molar-refractivity contribution >= 4 is 12.4 Å². The monoisotopic (exact) mass is 201 g/mol. The lowest BCUT2D eigenvalue weighted by molar-refractivity contribution is -0.0382. The van der Waals surface area contributed by atoms with Crippen molar-refractivity contribution in [1.29, 1.82) is 0 Å². The zero-order chi connectivity index (χ0) is 8.32. The molecule has 74 valence electrons. The summed E-state index contributed by atoms with van der Waals surface area (Å²) in [6, 6.07) is 0. The lowest BCUT2D eigenvalue weighted by Gasteiger charge is -2.15. The van der Waals surface area contributed by atoms with Crippen LogP contribution in [0.4, 0.5) is 8.78 Å². The van der Waals surface area contributed by atoms with Crippen LogP contribution in [0.15, 0.2) is 0 Å². The van der Waals surface area contributed by atoms with Crippen LogP contribution in [0.2, 0.25) is 0 Å². The van der Waals surface area contributed by atoms with E-state index < -0.39 is 18.4 Å². The number of halogens is 3. The van der Waals surface area contributed by atoms with Gasteiger partial charge in [0, 0.05) is 5.92 Å². The first-order valence-electron chi connectivity index (χ1n) is 3.77. The van der Waals surface area contributed by atoms with Gasteiger partial charge in [-0.1, -0.05) is 0 Å². The summed E-state index contributed by atoms with van der Waals surface area (Å²) >= 11 is 0. The zero-order valence-corrected chi connectivity index (χ0v) is 7.79. The Balaban J connectivity index is 0.00000121. The molecule has 12 heavy (non-hydrogen) atoms. The standard InChI is InChI=1S/C7H13F2NO.ClH/c1-10-3-2-6-4-11-5-7(6,8)9;/h6,10H,2-5H2,1H3;1H. The number of hydrogen-bond donors (Lipinski definition) is 1. The number of nitrogens with one attached hydrogen (secondary N) is 1. The van der Waals surface area contributed by atoms with E-state index in [1.807, 2.05) is 0 Å². The molecule has 0 bridgehead atoms. The Morgan fingerprint density at radius 1 is 1.58 bits per heavy atom. The molecule has 0 aromatic heterocycles. The average molecular weight is 202 g/mol. The molecule has 1 aliphatic heterocycles. The van der Waals surface area contributed by atoms with Crippen LogP contribution < -0.4 is 5.32 Å². The van der Waals surface area contributed by atoms with E-state index in [0.717, 1.165) is 0 Å². The maximum absolute atomic E-state index is 12.8.